The van der Waals surface area contributed by atoms with Gasteiger partial charge in [-0.1, -0.05) is 12.1 Å². The second-order valence-corrected chi connectivity index (χ2v) is 6.77. The summed E-state index contributed by atoms with van der Waals surface area (Å²) in [6, 6.07) is 8.04. The maximum Gasteiger partial charge on any atom is 0.258 e. The fourth-order valence-corrected chi connectivity index (χ4v) is 3.89. The molecule has 6 nitrogen and oxygen atoms in total. The number of anilines is 1. The van der Waals surface area contributed by atoms with Crippen LogP contribution in [0.5, 0.6) is 0 Å². The molecule has 0 saturated carbocycles. The van der Waals surface area contributed by atoms with Gasteiger partial charge in [0.1, 0.15) is 5.82 Å². The summed E-state index contributed by atoms with van der Waals surface area (Å²) in [5, 5.41) is 0. The third-order valence-corrected chi connectivity index (χ3v) is 5.11. The highest BCUT2D eigenvalue weighted by Gasteiger charge is 2.36. The number of benzene rings is 1. The Morgan fingerprint density at radius 2 is 2.11 bits per heavy atom. The van der Waals surface area contributed by atoms with Crippen molar-refractivity contribution in [3.63, 3.8) is 0 Å². The summed E-state index contributed by atoms with van der Waals surface area (Å²) in [6.07, 6.45) is 3.85. The Bertz CT molecular complexity index is 1050. The normalized spacial score (nSPS) is 16.2. The molecular weight excluding hydrogens is 357 g/mol. The second kappa shape index (κ2) is 6.99. The van der Waals surface area contributed by atoms with Crippen LogP contribution in [0, 0.1) is 12.7 Å². The van der Waals surface area contributed by atoms with Crippen LogP contribution in [0.15, 0.2) is 42.7 Å². The highest BCUT2D eigenvalue weighted by molar-refractivity contribution is 5.98. The van der Waals surface area contributed by atoms with Crippen molar-refractivity contribution in [1.82, 2.24) is 19.9 Å². The third kappa shape index (κ3) is 2.98. The van der Waals surface area contributed by atoms with E-state index in [2.05, 4.69) is 15.0 Å². The Balaban J connectivity index is 1.88. The topological polar surface area (TPSA) is 85.0 Å². The van der Waals surface area contributed by atoms with Gasteiger partial charge in [0.05, 0.1) is 23.0 Å². The van der Waals surface area contributed by atoms with Crippen LogP contribution in [-0.4, -0.2) is 32.3 Å². The van der Waals surface area contributed by atoms with Crippen molar-refractivity contribution in [2.75, 3.05) is 12.3 Å². The Morgan fingerprint density at radius 1 is 1.29 bits per heavy atom. The van der Waals surface area contributed by atoms with E-state index < -0.39 is 0 Å². The number of nitrogens with zero attached hydrogens (tertiary/aromatic N) is 4. The molecule has 1 aliphatic rings. The SMILES string of the molecule is CCN1C(=O)c2c(C)nc(N)nc2CC1c1ccc(F)cc1-c1cccnc1. The van der Waals surface area contributed by atoms with Gasteiger partial charge >= 0.3 is 0 Å². The van der Waals surface area contributed by atoms with Gasteiger partial charge in [0.15, 0.2) is 0 Å². The molecule has 1 atom stereocenters. The Labute approximate surface area is 162 Å². The highest BCUT2D eigenvalue weighted by Crippen LogP contribution is 2.38. The number of likely N-dealkylation sites (N-methyl/N-ethyl adjacent to an activating group) is 1. The first-order valence-corrected chi connectivity index (χ1v) is 9.13. The Hall–Kier alpha value is -3.35. The third-order valence-electron chi connectivity index (χ3n) is 5.11. The average Bonchev–Trinajstić information content (AvgIpc) is 2.68. The van der Waals surface area contributed by atoms with Crippen molar-refractivity contribution in [2.45, 2.75) is 26.3 Å². The molecule has 1 aromatic carbocycles. The lowest BCUT2D eigenvalue weighted by Gasteiger charge is -2.37. The number of halogens is 1. The molecule has 0 spiro atoms. The van der Waals surface area contributed by atoms with Crippen LogP contribution in [0.4, 0.5) is 10.3 Å². The molecule has 0 fully saturated rings. The van der Waals surface area contributed by atoms with Gasteiger partial charge in [-0.3, -0.25) is 9.78 Å². The predicted molar refractivity (Wildman–Crippen MR) is 104 cm³/mol. The molecule has 3 heterocycles. The zero-order valence-electron chi connectivity index (χ0n) is 15.7. The molecule has 0 saturated heterocycles. The summed E-state index contributed by atoms with van der Waals surface area (Å²) in [6.45, 7) is 4.20. The van der Waals surface area contributed by atoms with Crippen LogP contribution in [0.3, 0.4) is 0 Å². The Kier molecular flexibility index (Phi) is 4.50. The van der Waals surface area contributed by atoms with Gasteiger partial charge in [0.25, 0.3) is 5.91 Å². The van der Waals surface area contributed by atoms with Gasteiger partial charge in [0, 0.05) is 30.9 Å². The molecule has 0 bridgehead atoms. The molecule has 28 heavy (non-hydrogen) atoms. The summed E-state index contributed by atoms with van der Waals surface area (Å²) in [5.41, 5.74) is 9.90. The van der Waals surface area contributed by atoms with E-state index in [0.29, 0.717) is 35.5 Å². The van der Waals surface area contributed by atoms with E-state index in [-0.39, 0.29) is 23.7 Å². The minimum absolute atomic E-state index is 0.132. The number of nitrogen functional groups attached to an aromatic ring is 1. The molecule has 2 aromatic heterocycles. The van der Waals surface area contributed by atoms with E-state index in [4.69, 9.17) is 5.73 Å². The number of amides is 1. The molecule has 7 heteroatoms. The summed E-state index contributed by atoms with van der Waals surface area (Å²) >= 11 is 0. The number of pyridine rings is 1. The van der Waals surface area contributed by atoms with E-state index >= 15 is 0 Å². The largest absolute Gasteiger partial charge is 0.368 e. The minimum atomic E-state index is -0.337. The van der Waals surface area contributed by atoms with E-state index in [9.17, 15) is 9.18 Å². The predicted octanol–water partition coefficient (Wildman–Crippen LogP) is 3.33. The lowest BCUT2D eigenvalue weighted by molar-refractivity contribution is 0.0656. The molecule has 1 amide bonds. The van der Waals surface area contributed by atoms with Crippen LogP contribution in [0.2, 0.25) is 0 Å². The van der Waals surface area contributed by atoms with Crippen molar-refractivity contribution >= 4 is 11.9 Å². The van der Waals surface area contributed by atoms with Gasteiger partial charge in [0.2, 0.25) is 5.95 Å². The number of nitrogens with two attached hydrogens (primary N) is 1. The molecule has 4 rings (SSSR count). The van der Waals surface area contributed by atoms with Gasteiger partial charge in [-0.15, -0.1) is 0 Å². The molecule has 0 radical (unpaired) electrons. The fourth-order valence-electron chi connectivity index (χ4n) is 3.89. The second-order valence-electron chi connectivity index (χ2n) is 6.77. The molecule has 2 N–H and O–H groups in total. The van der Waals surface area contributed by atoms with Gasteiger partial charge < -0.3 is 10.6 Å². The van der Waals surface area contributed by atoms with Gasteiger partial charge in [-0.2, -0.15) is 0 Å². The van der Waals surface area contributed by atoms with E-state index in [0.717, 1.165) is 11.1 Å². The molecule has 0 aliphatic carbocycles. The van der Waals surface area contributed by atoms with Crippen LogP contribution in [0.25, 0.3) is 11.1 Å². The minimum Gasteiger partial charge on any atom is -0.368 e. The maximum absolute atomic E-state index is 14.1. The van der Waals surface area contributed by atoms with Crippen LogP contribution in [-0.2, 0) is 6.42 Å². The van der Waals surface area contributed by atoms with Crippen molar-refractivity contribution in [3.05, 3.63) is 71.1 Å². The standard InChI is InChI=1S/C21H20FN5O/c1-3-27-18(10-17-19(20(27)28)12(2)25-21(23)26-17)15-7-6-14(22)9-16(15)13-5-4-8-24-11-13/h4-9,11,18H,3,10H2,1-2H3,(H2,23,25,26). The summed E-state index contributed by atoms with van der Waals surface area (Å²) in [7, 11) is 0. The number of rotatable bonds is 3. The fraction of sp³-hybridized carbons (Fsp3) is 0.238. The quantitative estimate of drug-likeness (QED) is 0.757. The van der Waals surface area contributed by atoms with Crippen molar-refractivity contribution in [2.24, 2.45) is 0 Å². The number of fused-ring (bicyclic) bond motifs is 1. The van der Waals surface area contributed by atoms with Crippen LogP contribution < -0.4 is 5.73 Å². The lowest BCUT2D eigenvalue weighted by Crippen LogP contribution is -2.41. The van der Waals surface area contributed by atoms with E-state index in [1.165, 1.54) is 12.1 Å². The van der Waals surface area contributed by atoms with Gasteiger partial charge in [-0.05, 0) is 43.2 Å². The smallest absolute Gasteiger partial charge is 0.258 e. The average molecular weight is 377 g/mol. The zero-order chi connectivity index (χ0) is 19.8. The number of aryl methyl sites for hydroxylation is 1. The first-order valence-electron chi connectivity index (χ1n) is 9.13. The van der Waals surface area contributed by atoms with Gasteiger partial charge in [-0.25, -0.2) is 14.4 Å². The van der Waals surface area contributed by atoms with E-state index in [1.54, 1.807) is 36.4 Å². The van der Waals surface area contributed by atoms with Crippen LogP contribution >= 0.6 is 0 Å². The van der Waals surface area contributed by atoms with Crippen molar-refractivity contribution in [3.8, 4) is 11.1 Å². The molecule has 1 unspecified atom stereocenters. The number of aromatic nitrogens is 3. The van der Waals surface area contributed by atoms with Crippen LogP contribution in [0.1, 0.15) is 40.3 Å². The summed E-state index contributed by atoms with van der Waals surface area (Å²) in [5.74, 6) is -0.317. The first-order chi connectivity index (χ1) is 13.5. The summed E-state index contributed by atoms with van der Waals surface area (Å²) < 4.78 is 14.1. The Morgan fingerprint density at radius 3 is 2.82 bits per heavy atom. The molecule has 1 aliphatic heterocycles. The lowest BCUT2D eigenvalue weighted by atomic mass is 9.87. The number of hydrogen-bond donors (Lipinski definition) is 1. The van der Waals surface area contributed by atoms with Crippen molar-refractivity contribution in [1.29, 1.82) is 0 Å². The first kappa shape index (κ1) is 18.0. The number of hydrogen-bond acceptors (Lipinski definition) is 5. The molecular formula is C21H20FN5O. The molecule has 142 valence electrons. The zero-order valence-corrected chi connectivity index (χ0v) is 15.7. The maximum atomic E-state index is 14.1. The van der Waals surface area contributed by atoms with E-state index in [1.807, 2.05) is 13.0 Å². The highest BCUT2D eigenvalue weighted by atomic mass is 19.1. The number of carbonyl (C=O) groups excluding carboxylic acids is 1. The monoisotopic (exact) mass is 377 g/mol. The molecule has 3 aromatic rings. The van der Waals surface area contributed by atoms with Crippen molar-refractivity contribution < 1.29 is 9.18 Å². The number of carbonyl (C=O) groups is 1. The summed E-state index contributed by atoms with van der Waals surface area (Å²) in [4.78, 5) is 27.6.